The minimum absolute atomic E-state index is 0.371. The fraction of sp³-hybridized carbons (Fsp3) is 0.185. The highest BCUT2D eigenvalue weighted by molar-refractivity contribution is 7.17. The normalized spacial score (nSPS) is 12.0. The van der Waals surface area contributed by atoms with Crippen molar-refractivity contribution in [1.82, 2.24) is 15.3 Å². The average Bonchev–Trinajstić information content (AvgIpc) is 3.27. The molecule has 190 valence electrons. The number of halogens is 1. The summed E-state index contributed by atoms with van der Waals surface area (Å²) in [6.07, 6.45) is 3.11. The van der Waals surface area contributed by atoms with Crippen molar-refractivity contribution in [2.24, 2.45) is 5.41 Å². The summed E-state index contributed by atoms with van der Waals surface area (Å²) in [6.45, 7) is 7.87. The Morgan fingerprint density at radius 1 is 1.16 bits per heavy atom. The summed E-state index contributed by atoms with van der Waals surface area (Å²) in [5.74, 6) is 0.901. The van der Waals surface area contributed by atoms with Crippen LogP contribution in [-0.4, -0.2) is 21.7 Å². The van der Waals surface area contributed by atoms with Crippen LogP contribution in [0.2, 0.25) is 5.02 Å². The average molecular weight is 535 g/mol. The molecule has 4 aromatic rings. The predicted molar refractivity (Wildman–Crippen MR) is 152 cm³/mol. The van der Waals surface area contributed by atoms with E-state index >= 15 is 0 Å². The number of fused-ring (bicyclic) bond motifs is 1. The molecule has 10 heteroatoms. The number of aryl methyl sites for hydroxylation is 1. The van der Waals surface area contributed by atoms with E-state index in [1.165, 1.54) is 17.7 Å². The van der Waals surface area contributed by atoms with E-state index in [0.29, 0.717) is 28.1 Å². The Labute approximate surface area is 224 Å². The number of benzene rings is 2. The quantitative estimate of drug-likeness (QED) is 0.157. The fourth-order valence-corrected chi connectivity index (χ4v) is 4.66. The van der Waals surface area contributed by atoms with E-state index in [1.807, 2.05) is 68.7 Å². The molecule has 0 aliphatic rings. The Kier molecular flexibility index (Phi) is 7.58. The molecular formula is C27H29ClN7OS+. The Morgan fingerprint density at radius 2 is 1.89 bits per heavy atom. The van der Waals surface area contributed by atoms with Crippen molar-refractivity contribution >= 4 is 62.1 Å². The molecule has 0 saturated heterocycles. The minimum Gasteiger partial charge on any atom is -0.383 e. The van der Waals surface area contributed by atoms with E-state index in [4.69, 9.17) is 22.7 Å². The van der Waals surface area contributed by atoms with Gasteiger partial charge in [-0.15, -0.1) is 11.3 Å². The van der Waals surface area contributed by atoms with Gasteiger partial charge in [0.25, 0.3) is 0 Å². The summed E-state index contributed by atoms with van der Waals surface area (Å²) in [5, 5.41) is 19.0. The van der Waals surface area contributed by atoms with E-state index in [-0.39, 0.29) is 5.41 Å². The molecule has 0 fully saturated rings. The molecule has 0 spiro atoms. The second-order valence-electron chi connectivity index (χ2n) is 9.68. The Hall–Kier alpha value is -3.79. The fourth-order valence-electron chi connectivity index (χ4n) is 3.51. The molecule has 2 amide bonds. The number of aromatic nitrogens is 2. The van der Waals surface area contributed by atoms with Gasteiger partial charge in [-0.25, -0.2) is 14.8 Å². The molecule has 0 aliphatic heterocycles. The van der Waals surface area contributed by atoms with Crippen LogP contribution < -0.4 is 21.7 Å². The van der Waals surface area contributed by atoms with E-state index < -0.39 is 6.03 Å². The zero-order chi connectivity index (χ0) is 26.7. The Bertz CT molecular complexity index is 1500. The van der Waals surface area contributed by atoms with Gasteiger partial charge in [0.05, 0.1) is 16.1 Å². The highest BCUT2D eigenvalue weighted by Gasteiger charge is 2.19. The number of thiophene rings is 1. The van der Waals surface area contributed by atoms with Gasteiger partial charge in [-0.3, -0.25) is 10.6 Å². The van der Waals surface area contributed by atoms with Gasteiger partial charge in [-0.1, -0.05) is 56.1 Å². The van der Waals surface area contributed by atoms with Gasteiger partial charge >= 0.3 is 6.03 Å². The molecule has 7 N–H and O–H groups in total. The van der Waals surface area contributed by atoms with E-state index in [9.17, 15) is 4.79 Å². The smallest absolute Gasteiger partial charge is 0.327 e. The summed E-state index contributed by atoms with van der Waals surface area (Å²) >= 11 is 8.03. The summed E-state index contributed by atoms with van der Waals surface area (Å²) in [7, 11) is 0. The Balaban J connectivity index is 1.54. The standard InChI is InChI=1S/C27H28ClN7OS/c1-15-5-8-17(9-6-15)33-22(12-21(29)27(2,3)4)35-26(36)34-20-10-7-16(11-19(20)28)18-13-37-25-23(18)24(30)31-14-32-25/h5-14,29,33H,1-4H3,(H2,30,31,32)(H2,34,35,36)/p+1/b22-12+,29-21?. The molecule has 2 heterocycles. The zero-order valence-corrected chi connectivity index (χ0v) is 22.6. The topological polar surface area (TPSA) is 133 Å². The zero-order valence-electron chi connectivity index (χ0n) is 21.0. The third-order valence-electron chi connectivity index (χ3n) is 5.69. The van der Waals surface area contributed by atoms with Crippen molar-refractivity contribution in [3.63, 3.8) is 0 Å². The molecule has 0 unspecified atom stereocenters. The van der Waals surface area contributed by atoms with Crippen LogP contribution in [0.1, 0.15) is 26.3 Å². The van der Waals surface area contributed by atoms with Crippen LogP contribution >= 0.6 is 22.9 Å². The van der Waals surface area contributed by atoms with Crippen LogP contribution in [0, 0.1) is 17.7 Å². The first-order valence-electron chi connectivity index (χ1n) is 11.6. The maximum Gasteiger partial charge on any atom is 0.327 e. The van der Waals surface area contributed by atoms with Crippen molar-refractivity contribution in [3.8, 4) is 11.1 Å². The Morgan fingerprint density at radius 3 is 2.57 bits per heavy atom. The number of amides is 2. The van der Waals surface area contributed by atoms with Gasteiger partial charge in [0, 0.05) is 28.1 Å². The molecule has 2 aromatic carbocycles. The second kappa shape index (κ2) is 10.7. The van der Waals surface area contributed by atoms with Gasteiger partial charge in [0.1, 0.15) is 22.7 Å². The van der Waals surface area contributed by atoms with Gasteiger partial charge in [-0.05, 0) is 36.8 Å². The number of rotatable bonds is 6. The van der Waals surface area contributed by atoms with Crippen LogP contribution in [-0.2, 0) is 0 Å². The lowest BCUT2D eigenvalue weighted by Crippen LogP contribution is -2.79. The van der Waals surface area contributed by atoms with E-state index in [0.717, 1.165) is 32.6 Å². The van der Waals surface area contributed by atoms with E-state index in [1.54, 1.807) is 18.2 Å². The number of allylic oxidation sites excluding steroid dienone is 1. The third-order valence-corrected chi connectivity index (χ3v) is 6.89. The number of hydrogen-bond donors (Lipinski definition) is 5. The van der Waals surface area contributed by atoms with E-state index in [2.05, 4.69) is 20.6 Å². The van der Waals surface area contributed by atoms with Gasteiger partial charge in [0.15, 0.2) is 0 Å². The van der Waals surface area contributed by atoms with Crippen molar-refractivity contribution in [3.05, 3.63) is 76.7 Å². The number of urea groups is 1. The van der Waals surface area contributed by atoms with Gasteiger partial charge in [0.2, 0.25) is 5.82 Å². The lowest BCUT2D eigenvalue weighted by Gasteiger charge is -2.18. The summed E-state index contributed by atoms with van der Waals surface area (Å²) in [4.78, 5) is 22.1. The lowest BCUT2D eigenvalue weighted by atomic mass is 9.90. The van der Waals surface area contributed by atoms with Crippen molar-refractivity contribution < 1.29 is 10.1 Å². The van der Waals surface area contributed by atoms with Crippen molar-refractivity contribution in [2.45, 2.75) is 27.7 Å². The molecule has 2 aromatic heterocycles. The number of nitrogen functional groups attached to an aromatic ring is 1. The number of hydrogen-bond acceptors (Lipinski definition) is 6. The first-order chi connectivity index (χ1) is 17.5. The largest absolute Gasteiger partial charge is 0.383 e. The third kappa shape index (κ3) is 6.32. The molecule has 0 radical (unpaired) electrons. The van der Waals surface area contributed by atoms with Gasteiger partial charge < -0.3 is 16.5 Å². The number of quaternary nitrogens is 1. The molecule has 0 atom stereocenters. The first-order valence-corrected chi connectivity index (χ1v) is 12.8. The van der Waals surface area contributed by atoms with Crippen molar-refractivity contribution in [2.75, 3.05) is 11.1 Å². The SMILES string of the molecule is Cc1ccc([NH2+]/C(=C\C(=N)C(C)(C)C)NC(=O)Nc2ccc(-c3csc4ncnc(N)c34)cc2Cl)cc1. The van der Waals surface area contributed by atoms with Crippen LogP contribution in [0.4, 0.5) is 22.0 Å². The number of nitrogens with zero attached hydrogens (tertiary/aromatic N) is 2. The number of nitrogens with one attached hydrogen (secondary N) is 3. The molecular weight excluding hydrogens is 506 g/mol. The lowest BCUT2D eigenvalue weighted by molar-refractivity contribution is -0.522. The highest BCUT2D eigenvalue weighted by Crippen LogP contribution is 2.37. The van der Waals surface area contributed by atoms with Crippen LogP contribution in [0.3, 0.4) is 0 Å². The van der Waals surface area contributed by atoms with Gasteiger partial charge in [-0.2, -0.15) is 0 Å². The summed E-state index contributed by atoms with van der Waals surface area (Å²) in [5.41, 5.74) is 10.3. The monoisotopic (exact) mass is 534 g/mol. The molecule has 8 nitrogen and oxygen atoms in total. The maximum atomic E-state index is 12.9. The second-order valence-corrected chi connectivity index (χ2v) is 10.9. The summed E-state index contributed by atoms with van der Waals surface area (Å²) < 4.78 is 0. The predicted octanol–water partition coefficient (Wildman–Crippen LogP) is 5.83. The number of carbonyl (C=O) groups excluding carboxylic acids is 1. The van der Waals surface area contributed by atoms with Crippen LogP contribution in [0.5, 0.6) is 0 Å². The number of anilines is 2. The summed E-state index contributed by atoms with van der Waals surface area (Å²) in [6, 6.07) is 12.8. The molecule has 0 bridgehead atoms. The van der Waals surface area contributed by atoms with Crippen LogP contribution in [0.15, 0.2) is 66.1 Å². The molecule has 0 saturated carbocycles. The van der Waals surface area contributed by atoms with Crippen molar-refractivity contribution in [1.29, 1.82) is 5.41 Å². The highest BCUT2D eigenvalue weighted by atomic mass is 35.5. The maximum absolute atomic E-state index is 12.9. The first kappa shape index (κ1) is 26.3. The minimum atomic E-state index is -0.468. The number of carbonyl (C=O) groups is 1. The molecule has 4 rings (SSSR count). The number of nitrogens with two attached hydrogens (primary N) is 2. The molecule has 0 aliphatic carbocycles. The molecule has 37 heavy (non-hydrogen) atoms. The van der Waals surface area contributed by atoms with Crippen LogP contribution in [0.25, 0.3) is 21.3 Å².